The van der Waals surface area contributed by atoms with Crippen LogP contribution in [0.25, 0.3) is 0 Å². The van der Waals surface area contributed by atoms with Gasteiger partial charge >= 0.3 is 0 Å². The van der Waals surface area contributed by atoms with Gasteiger partial charge in [0.05, 0.1) is 0 Å². The highest BCUT2D eigenvalue weighted by atomic mass is 79.9. The molecule has 0 saturated carbocycles. The lowest BCUT2D eigenvalue weighted by atomic mass is 10.1. The predicted molar refractivity (Wildman–Crippen MR) is 114 cm³/mol. The van der Waals surface area contributed by atoms with Crippen LogP contribution in [-0.4, -0.2) is 35.4 Å². The Morgan fingerprint density at radius 3 is 2.50 bits per heavy atom. The van der Waals surface area contributed by atoms with Crippen LogP contribution in [0, 0.1) is 0 Å². The van der Waals surface area contributed by atoms with Gasteiger partial charge in [-0.3, -0.25) is 9.59 Å². The molecule has 2 aromatic carbocycles. The summed E-state index contributed by atoms with van der Waals surface area (Å²) in [6.07, 6.45) is 0. The van der Waals surface area contributed by atoms with Gasteiger partial charge in [0.25, 0.3) is 5.91 Å². The molecule has 1 atom stereocenters. The summed E-state index contributed by atoms with van der Waals surface area (Å²) in [4.78, 5) is 26.9. The first-order valence-electron chi connectivity index (χ1n) is 8.99. The molecule has 0 aliphatic carbocycles. The molecule has 0 saturated heterocycles. The van der Waals surface area contributed by atoms with Crippen molar-refractivity contribution in [3.63, 3.8) is 0 Å². The average Bonchev–Trinajstić information content (AvgIpc) is 2.63. The highest BCUT2D eigenvalue weighted by Crippen LogP contribution is 2.18. The Bertz CT molecular complexity index is 829. The van der Waals surface area contributed by atoms with Gasteiger partial charge in [-0.1, -0.05) is 45.7 Å². The number of hydrogen-bond donors (Lipinski definition) is 1. The molecule has 0 fully saturated rings. The van der Waals surface area contributed by atoms with E-state index in [1.54, 1.807) is 31.2 Å². The van der Waals surface area contributed by atoms with Crippen LogP contribution in [0.4, 0.5) is 0 Å². The molecule has 0 heterocycles. The topological polar surface area (TPSA) is 58.6 Å². The summed E-state index contributed by atoms with van der Waals surface area (Å²) in [5.41, 5.74) is 0.912. The minimum atomic E-state index is -0.642. The van der Waals surface area contributed by atoms with Crippen LogP contribution in [0.1, 0.15) is 26.3 Å². The maximum Gasteiger partial charge on any atom is 0.261 e. The molecule has 2 rings (SSSR count). The van der Waals surface area contributed by atoms with E-state index in [4.69, 9.17) is 16.3 Å². The number of amides is 2. The summed E-state index contributed by atoms with van der Waals surface area (Å²) in [7, 11) is 0. The van der Waals surface area contributed by atoms with Gasteiger partial charge in [-0.05, 0) is 56.7 Å². The molecule has 0 radical (unpaired) electrons. The van der Waals surface area contributed by atoms with E-state index in [2.05, 4.69) is 21.2 Å². The average molecular weight is 468 g/mol. The van der Waals surface area contributed by atoms with Crippen molar-refractivity contribution < 1.29 is 14.3 Å². The molecular weight excluding hydrogens is 444 g/mol. The van der Waals surface area contributed by atoms with Crippen LogP contribution in [0.15, 0.2) is 53.0 Å². The minimum Gasteiger partial charge on any atom is -0.484 e. The molecule has 0 spiro atoms. The molecule has 5 nitrogen and oxygen atoms in total. The fraction of sp³-hybridized carbons (Fsp3) is 0.333. The van der Waals surface area contributed by atoms with Gasteiger partial charge in [-0.2, -0.15) is 0 Å². The first kappa shape index (κ1) is 22.2. The van der Waals surface area contributed by atoms with Gasteiger partial charge < -0.3 is 15.0 Å². The van der Waals surface area contributed by atoms with Crippen molar-refractivity contribution in [2.45, 2.75) is 39.4 Å². The zero-order chi connectivity index (χ0) is 20.7. The Balaban J connectivity index is 2.15. The fourth-order valence-electron chi connectivity index (χ4n) is 2.60. The van der Waals surface area contributed by atoms with Crippen molar-refractivity contribution in [1.29, 1.82) is 0 Å². The largest absolute Gasteiger partial charge is 0.484 e. The molecule has 150 valence electrons. The number of carbonyl (C=O) groups is 2. The van der Waals surface area contributed by atoms with Gasteiger partial charge in [0.1, 0.15) is 11.8 Å². The minimum absolute atomic E-state index is 0.0134. The van der Waals surface area contributed by atoms with E-state index in [0.717, 1.165) is 10.0 Å². The van der Waals surface area contributed by atoms with Crippen LogP contribution >= 0.6 is 27.5 Å². The summed E-state index contributed by atoms with van der Waals surface area (Å²) < 4.78 is 6.49. The van der Waals surface area contributed by atoms with Crippen LogP contribution in [0.3, 0.4) is 0 Å². The molecule has 7 heteroatoms. The van der Waals surface area contributed by atoms with Crippen LogP contribution in [-0.2, 0) is 16.1 Å². The van der Waals surface area contributed by atoms with Crippen molar-refractivity contribution in [2.75, 3.05) is 6.61 Å². The van der Waals surface area contributed by atoms with Crippen LogP contribution in [0.5, 0.6) is 5.75 Å². The van der Waals surface area contributed by atoms with Crippen molar-refractivity contribution in [3.05, 3.63) is 63.6 Å². The third-order valence-electron chi connectivity index (χ3n) is 4.00. The maximum atomic E-state index is 12.9. The van der Waals surface area contributed by atoms with Crippen molar-refractivity contribution >= 4 is 39.3 Å². The number of ether oxygens (including phenoxy) is 1. The summed E-state index contributed by atoms with van der Waals surface area (Å²) in [6.45, 7) is 5.59. The van der Waals surface area contributed by atoms with Crippen molar-refractivity contribution in [3.8, 4) is 5.75 Å². The second-order valence-corrected chi connectivity index (χ2v) is 8.09. The summed E-state index contributed by atoms with van der Waals surface area (Å²) in [6, 6.07) is 13.8. The number of halogens is 2. The number of hydrogen-bond acceptors (Lipinski definition) is 3. The van der Waals surface area contributed by atoms with Gasteiger partial charge in [0.15, 0.2) is 6.61 Å². The first-order valence-corrected chi connectivity index (χ1v) is 10.2. The van der Waals surface area contributed by atoms with E-state index in [-0.39, 0.29) is 24.5 Å². The standard InChI is InChI=1S/C21H24BrClN2O3/c1-14(2)24-21(27)15(3)25(12-16-6-4-7-17(22)10-16)20(26)13-28-19-9-5-8-18(23)11-19/h4-11,14-15H,12-13H2,1-3H3,(H,24,27)/t15-/m1/s1. The SMILES string of the molecule is CC(C)NC(=O)[C@@H](C)N(Cc1cccc(Br)c1)C(=O)COc1cccc(Cl)c1. The van der Waals surface area contributed by atoms with Crippen LogP contribution < -0.4 is 10.1 Å². The van der Waals surface area contributed by atoms with Crippen molar-refractivity contribution in [2.24, 2.45) is 0 Å². The lowest BCUT2D eigenvalue weighted by Crippen LogP contribution is -2.50. The number of nitrogens with zero attached hydrogens (tertiary/aromatic N) is 1. The van der Waals surface area contributed by atoms with E-state index in [0.29, 0.717) is 17.3 Å². The smallest absolute Gasteiger partial charge is 0.261 e. The molecule has 0 aromatic heterocycles. The molecule has 28 heavy (non-hydrogen) atoms. The third kappa shape index (κ3) is 6.84. The number of carbonyl (C=O) groups excluding carboxylic acids is 2. The second-order valence-electron chi connectivity index (χ2n) is 6.74. The van der Waals surface area contributed by atoms with Crippen molar-refractivity contribution in [1.82, 2.24) is 10.2 Å². The molecule has 2 amide bonds. The Kier molecular flexibility index (Phi) is 8.33. The summed E-state index contributed by atoms with van der Waals surface area (Å²) in [5, 5.41) is 3.38. The molecular formula is C21H24BrClN2O3. The van der Waals surface area contributed by atoms with Crippen LogP contribution in [0.2, 0.25) is 5.02 Å². The molecule has 0 aliphatic rings. The van der Waals surface area contributed by atoms with E-state index < -0.39 is 6.04 Å². The Labute approximate surface area is 179 Å². The Morgan fingerprint density at radius 1 is 1.14 bits per heavy atom. The van der Waals surface area contributed by atoms with Gasteiger partial charge in [-0.25, -0.2) is 0 Å². The zero-order valence-corrected chi connectivity index (χ0v) is 18.5. The Morgan fingerprint density at radius 2 is 1.86 bits per heavy atom. The van der Waals surface area contributed by atoms with Gasteiger partial charge in [0, 0.05) is 22.1 Å². The molecule has 0 bridgehead atoms. The predicted octanol–water partition coefficient (Wildman–Crippen LogP) is 4.42. The quantitative estimate of drug-likeness (QED) is 0.625. The monoisotopic (exact) mass is 466 g/mol. The highest BCUT2D eigenvalue weighted by molar-refractivity contribution is 9.10. The molecule has 0 unspecified atom stereocenters. The van der Waals surface area contributed by atoms with E-state index in [9.17, 15) is 9.59 Å². The van der Waals surface area contributed by atoms with E-state index >= 15 is 0 Å². The number of nitrogens with one attached hydrogen (secondary N) is 1. The maximum absolute atomic E-state index is 12.9. The van der Waals surface area contributed by atoms with E-state index in [1.165, 1.54) is 4.90 Å². The second kappa shape index (κ2) is 10.5. The number of benzene rings is 2. The molecule has 1 N–H and O–H groups in total. The number of rotatable bonds is 8. The zero-order valence-electron chi connectivity index (χ0n) is 16.1. The molecule has 2 aromatic rings. The first-order chi connectivity index (χ1) is 13.3. The highest BCUT2D eigenvalue weighted by Gasteiger charge is 2.27. The molecule has 0 aliphatic heterocycles. The van der Waals surface area contributed by atoms with Gasteiger partial charge in [-0.15, -0.1) is 0 Å². The third-order valence-corrected chi connectivity index (χ3v) is 4.73. The lowest BCUT2D eigenvalue weighted by Gasteiger charge is -2.29. The summed E-state index contributed by atoms with van der Waals surface area (Å²) >= 11 is 9.39. The summed E-state index contributed by atoms with van der Waals surface area (Å²) in [5.74, 6) is 0.00926. The Hall–Kier alpha value is -2.05. The van der Waals surface area contributed by atoms with E-state index in [1.807, 2.05) is 38.1 Å². The van der Waals surface area contributed by atoms with Gasteiger partial charge in [0.2, 0.25) is 5.91 Å². The fourth-order valence-corrected chi connectivity index (χ4v) is 3.23. The lowest BCUT2D eigenvalue weighted by molar-refractivity contribution is -0.142. The normalized spacial score (nSPS) is 11.8.